The summed E-state index contributed by atoms with van der Waals surface area (Å²) >= 11 is 8.26. The highest BCUT2D eigenvalue weighted by atomic mass is 79.9. The second-order valence-corrected chi connectivity index (χ2v) is 7.26. The molecule has 0 aliphatic carbocycles. The summed E-state index contributed by atoms with van der Waals surface area (Å²) in [6, 6.07) is 6.48. The third kappa shape index (κ3) is 2.78. The smallest absolute Gasteiger partial charge is 0.129 e. The number of thiophene rings is 1. The monoisotopic (exact) mass is 377 g/mol. The lowest BCUT2D eigenvalue weighted by Crippen LogP contribution is -2.13. The maximum atomic E-state index is 13.8. The summed E-state index contributed by atoms with van der Waals surface area (Å²) in [6.45, 7) is 1.99. The number of hydrogen-bond acceptors (Lipinski definition) is 2. The van der Waals surface area contributed by atoms with Crippen molar-refractivity contribution in [2.24, 2.45) is 5.73 Å². The molecule has 1 atom stereocenters. The van der Waals surface area contributed by atoms with Gasteiger partial charge in [0, 0.05) is 14.9 Å². The zero-order chi connectivity index (χ0) is 12.6. The van der Waals surface area contributed by atoms with E-state index in [1.54, 1.807) is 23.5 Å². The van der Waals surface area contributed by atoms with Gasteiger partial charge in [0.25, 0.3) is 0 Å². The van der Waals surface area contributed by atoms with Crippen LogP contribution < -0.4 is 5.73 Å². The maximum Gasteiger partial charge on any atom is 0.129 e. The van der Waals surface area contributed by atoms with Crippen molar-refractivity contribution < 1.29 is 4.39 Å². The Balaban J connectivity index is 2.43. The Kier molecular flexibility index (Phi) is 4.02. The van der Waals surface area contributed by atoms with Crippen molar-refractivity contribution in [3.8, 4) is 0 Å². The van der Waals surface area contributed by atoms with Crippen molar-refractivity contribution in [1.82, 2.24) is 0 Å². The van der Waals surface area contributed by atoms with Gasteiger partial charge < -0.3 is 5.73 Å². The van der Waals surface area contributed by atoms with Crippen LogP contribution in [0.2, 0.25) is 0 Å². The predicted octanol–water partition coefficient (Wildman–Crippen LogP) is 4.77. The molecule has 1 aromatic heterocycles. The molecule has 2 aromatic rings. The summed E-state index contributed by atoms with van der Waals surface area (Å²) < 4.78 is 15.5. The van der Waals surface area contributed by atoms with Crippen molar-refractivity contribution in [2.45, 2.75) is 13.0 Å². The van der Waals surface area contributed by atoms with Crippen molar-refractivity contribution in [3.05, 3.63) is 54.3 Å². The van der Waals surface area contributed by atoms with Crippen LogP contribution in [0.1, 0.15) is 22.0 Å². The van der Waals surface area contributed by atoms with Crippen molar-refractivity contribution >= 4 is 43.2 Å². The molecule has 0 aliphatic rings. The molecule has 0 aliphatic heterocycles. The molecule has 0 fully saturated rings. The van der Waals surface area contributed by atoms with Gasteiger partial charge in [0.05, 0.1) is 9.83 Å². The molecular weight excluding hydrogens is 369 g/mol. The van der Waals surface area contributed by atoms with E-state index < -0.39 is 6.04 Å². The molecule has 0 radical (unpaired) electrons. The molecule has 2 N–H and O–H groups in total. The van der Waals surface area contributed by atoms with Gasteiger partial charge in [0.1, 0.15) is 5.82 Å². The van der Waals surface area contributed by atoms with E-state index in [1.165, 1.54) is 6.07 Å². The van der Waals surface area contributed by atoms with Gasteiger partial charge in [-0.25, -0.2) is 4.39 Å². The lowest BCUT2D eigenvalue weighted by molar-refractivity contribution is 0.598. The van der Waals surface area contributed by atoms with Crippen molar-refractivity contribution in [1.29, 1.82) is 0 Å². The molecule has 0 saturated carbocycles. The molecule has 1 heterocycles. The number of benzene rings is 1. The van der Waals surface area contributed by atoms with Gasteiger partial charge in [-0.15, -0.1) is 11.3 Å². The molecule has 0 amide bonds. The topological polar surface area (TPSA) is 26.0 Å². The van der Waals surface area contributed by atoms with Crippen LogP contribution in [0.3, 0.4) is 0 Å². The highest BCUT2D eigenvalue weighted by Gasteiger charge is 2.17. The first-order valence-corrected chi connectivity index (χ1v) is 7.35. The van der Waals surface area contributed by atoms with Crippen LogP contribution in [0.4, 0.5) is 4.39 Å². The molecule has 17 heavy (non-hydrogen) atoms. The van der Waals surface area contributed by atoms with E-state index in [1.807, 2.05) is 13.0 Å². The zero-order valence-electron chi connectivity index (χ0n) is 9.01. The third-order valence-electron chi connectivity index (χ3n) is 2.56. The SMILES string of the molecule is Cc1sc(Br)cc1C(N)c1ccc(Br)cc1F. The van der Waals surface area contributed by atoms with E-state index in [4.69, 9.17) is 5.73 Å². The summed E-state index contributed by atoms with van der Waals surface area (Å²) in [5.41, 5.74) is 7.59. The molecule has 0 saturated heterocycles. The molecule has 0 bridgehead atoms. The Bertz CT molecular complexity index is 553. The summed E-state index contributed by atoms with van der Waals surface area (Å²) in [7, 11) is 0. The molecule has 1 unspecified atom stereocenters. The first-order valence-electron chi connectivity index (χ1n) is 4.95. The highest BCUT2D eigenvalue weighted by molar-refractivity contribution is 9.11. The number of aryl methyl sites for hydroxylation is 1. The van der Waals surface area contributed by atoms with Crippen LogP contribution in [0, 0.1) is 12.7 Å². The fraction of sp³-hybridized carbons (Fsp3) is 0.167. The van der Waals surface area contributed by atoms with Crippen molar-refractivity contribution in [2.75, 3.05) is 0 Å². The van der Waals surface area contributed by atoms with E-state index >= 15 is 0 Å². The third-order valence-corrected chi connectivity index (χ3v) is 4.62. The van der Waals surface area contributed by atoms with Gasteiger partial charge in [0.15, 0.2) is 0 Å². The number of hydrogen-bond donors (Lipinski definition) is 1. The van der Waals surface area contributed by atoms with Gasteiger partial charge in [-0.05, 0) is 46.6 Å². The van der Waals surface area contributed by atoms with Gasteiger partial charge in [-0.1, -0.05) is 22.0 Å². The van der Waals surface area contributed by atoms with Gasteiger partial charge in [-0.3, -0.25) is 0 Å². The average Bonchev–Trinajstić information content (AvgIpc) is 2.57. The predicted molar refractivity (Wildman–Crippen MR) is 76.9 cm³/mol. The quantitative estimate of drug-likeness (QED) is 0.800. The summed E-state index contributed by atoms with van der Waals surface area (Å²) in [4.78, 5) is 1.10. The van der Waals surface area contributed by atoms with E-state index in [0.717, 1.165) is 14.2 Å². The Morgan fingerprint density at radius 2 is 1.94 bits per heavy atom. The Morgan fingerprint density at radius 3 is 2.47 bits per heavy atom. The fourth-order valence-corrected chi connectivity index (χ4v) is 3.78. The Labute approximate surface area is 120 Å². The number of rotatable bonds is 2. The zero-order valence-corrected chi connectivity index (χ0v) is 13.0. The average molecular weight is 379 g/mol. The molecule has 90 valence electrons. The lowest BCUT2D eigenvalue weighted by atomic mass is 10.00. The number of nitrogens with two attached hydrogens (primary N) is 1. The second-order valence-electron chi connectivity index (χ2n) is 3.71. The van der Waals surface area contributed by atoms with Crippen LogP contribution in [-0.4, -0.2) is 0 Å². The minimum atomic E-state index is -0.425. The van der Waals surface area contributed by atoms with Crippen molar-refractivity contribution in [3.63, 3.8) is 0 Å². The fourth-order valence-electron chi connectivity index (χ4n) is 1.69. The standard InChI is InChI=1S/C12H10Br2FNS/c1-6-9(5-11(14)17-6)12(16)8-3-2-7(13)4-10(8)15/h2-5,12H,16H2,1H3. The van der Waals surface area contributed by atoms with E-state index in [2.05, 4.69) is 31.9 Å². The summed E-state index contributed by atoms with van der Waals surface area (Å²) in [5.74, 6) is -0.284. The van der Waals surface area contributed by atoms with Crippen LogP contribution in [0.5, 0.6) is 0 Å². The normalized spacial score (nSPS) is 12.8. The van der Waals surface area contributed by atoms with Gasteiger partial charge in [-0.2, -0.15) is 0 Å². The molecule has 1 nitrogen and oxygen atoms in total. The Morgan fingerprint density at radius 1 is 1.24 bits per heavy atom. The first-order chi connectivity index (χ1) is 7.99. The highest BCUT2D eigenvalue weighted by Crippen LogP contribution is 2.33. The minimum absolute atomic E-state index is 0.284. The molecule has 1 aromatic carbocycles. The molecular formula is C12H10Br2FNS. The van der Waals surface area contributed by atoms with Crippen LogP contribution in [-0.2, 0) is 0 Å². The number of halogens is 3. The second kappa shape index (κ2) is 5.18. The van der Waals surface area contributed by atoms with Crippen LogP contribution in [0.15, 0.2) is 32.5 Å². The van der Waals surface area contributed by atoms with E-state index in [9.17, 15) is 4.39 Å². The largest absolute Gasteiger partial charge is 0.320 e. The first kappa shape index (κ1) is 13.2. The minimum Gasteiger partial charge on any atom is -0.320 e. The molecule has 2 rings (SSSR count). The van der Waals surface area contributed by atoms with Crippen LogP contribution >= 0.6 is 43.2 Å². The maximum absolute atomic E-state index is 13.8. The Hall–Kier alpha value is -0.230. The van der Waals surface area contributed by atoms with Gasteiger partial charge in [0.2, 0.25) is 0 Å². The van der Waals surface area contributed by atoms with E-state index in [-0.39, 0.29) is 5.82 Å². The lowest BCUT2D eigenvalue weighted by Gasteiger charge is -2.13. The van der Waals surface area contributed by atoms with Gasteiger partial charge >= 0.3 is 0 Å². The molecule has 5 heteroatoms. The molecule has 0 spiro atoms. The van der Waals surface area contributed by atoms with E-state index in [0.29, 0.717) is 10.0 Å². The van der Waals surface area contributed by atoms with Crippen LogP contribution in [0.25, 0.3) is 0 Å². The summed E-state index contributed by atoms with van der Waals surface area (Å²) in [5, 5.41) is 0. The summed E-state index contributed by atoms with van der Waals surface area (Å²) in [6.07, 6.45) is 0.